The fraction of sp³-hybridized carbons (Fsp3) is 0.409. The third-order valence-corrected chi connectivity index (χ3v) is 4.95. The van der Waals surface area contributed by atoms with Gasteiger partial charge in [0.1, 0.15) is 12.0 Å². The van der Waals surface area contributed by atoms with Crippen molar-refractivity contribution in [2.24, 2.45) is 5.92 Å². The van der Waals surface area contributed by atoms with Gasteiger partial charge in [-0.1, -0.05) is 54.6 Å². The van der Waals surface area contributed by atoms with Gasteiger partial charge in [-0.25, -0.2) is 0 Å². The Kier molecular flexibility index (Phi) is 6.24. The molecule has 0 saturated carbocycles. The van der Waals surface area contributed by atoms with Crippen LogP contribution >= 0.6 is 0 Å². The van der Waals surface area contributed by atoms with Crippen LogP contribution in [0, 0.1) is 5.92 Å². The van der Waals surface area contributed by atoms with Crippen molar-refractivity contribution in [2.75, 3.05) is 6.61 Å². The minimum Gasteiger partial charge on any atom is -0.461 e. The van der Waals surface area contributed by atoms with Crippen molar-refractivity contribution < 1.29 is 14.6 Å². The molecule has 2 aromatic rings. The van der Waals surface area contributed by atoms with Gasteiger partial charge in [0.2, 0.25) is 0 Å². The molecule has 132 valence electrons. The molecule has 1 aliphatic heterocycles. The molecule has 0 amide bonds. The normalized spacial score (nSPS) is 19.3. The number of cyclic esters (lactones) is 1. The second kappa shape index (κ2) is 8.82. The van der Waals surface area contributed by atoms with E-state index in [9.17, 15) is 9.90 Å². The number of aliphatic hydroxyl groups is 1. The van der Waals surface area contributed by atoms with Crippen LogP contribution in [-0.4, -0.2) is 23.8 Å². The van der Waals surface area contributed by atoms with E-state index < -0.39 is 0 Å². The first kappa shape index (κ1) is 17.7. The first-order valence-corrected chi connectivity index (χ1v) is 9.19. The van der Waals surface area contributed by atoms with Gasteiger partial charge in [-0.05, 0) is 55.2 Å². The Morgan fingerprint density at radius 2 is 1.48 bits per heavy atom. The highest BCUT2D eigenvalue weighted by Gasteiger charge is 2.41. The maximum Gasteiger partial charge on any atom is 0.315 e. The van der Waals surface area contributed by atoms with Crippen molar-refractivity contribution in [3.05, 3.63) is 71.3 Å². The highest BCUT2D eigenvalue weighted by Crippen LogP contribution is 2.26. The molecule has 1 aliphatic rings. The summed E-state index contributed by atoms with van der Waals surface area (Å²) in [5, 5.41) is 9.17. The molecule has 0 aromatic heterocycles. The number of rotatable bonds is 9. The lowest BCUT2D eigenvalue weighted by Gasteiger charge is -2.33. The number of ether oxygens (including phenoxy) is 1. The van der Waals surface area contributed by atoms with Crippen LogP contribution in [0.4, 0.5) is 0 Å². The smallest absolute Gasteiger partial charge is 0.315 e. The zero-order valence-corrected chi connectivity index (χ0v) is 14.6. The van der Waals surface area contributed by atoms with Crippen molar-refractivity contribution in [1.29, 1.82) is 0 Å². The molecule has 3 nitrogen and oxygen atoms in total. The van der Waals surface area contributed by atoms with E-state index in [4.69, 9.17) is 4.74 Å². The van der Waals surface area contributed by atoms with E-state index in [0.29, 0.717) is 0 Å². The molecule has 1 saturated heterocycles. The van der Waals surface area contributed by atoms with Crippen LogP contribution in [0.25, 0.3) is 0 Å². The molecule has 2 atom stereocenters. The van der Waals surface area contributed by atoms with Gasteiger partial charge in [0, 0.05) is 0 Å². The van der Waals surface area contributed by atoms with Gasteiger partial charge in [-0.3, -0.25) is 4.79 Å². The number of benzene rings is 2. The van der Waals surface area contributed by atoms with Crippen LogP contribution in [0.1, 0.15) is 36.0 Å². The zero-order chi connectivity index (χ0) is 17.5. The molecule has 3 heteroatoms. The molecule has 1 fully saturated rings. The van der Waals surface area contributed by atoms with Gasteiger partial charge in [-0.2, -0.15) is 0 Å². The fourth-order valence-corrected chi connectivity index (χ4v) is 3.40. The third kappa shape index (κ3) is 4.93. The fourth-order valence-electron chi connectivity index (χ4n) is 3.40. The lowest BCUT2D eigenvalue weighted by Crippen LogP contribution is -2.47. The lowest BCUT2D eigenvalue weighted by molar-refractivity contribution is -0.188. The van der Waals surface area contributed by atoms with Gasteiger partial charge in [0.15, 0.2) is 0 Å². The van der Waals surface area contributed by atoms with Crippen LogP contribution in [0.2, 0.25) is 0 Å². The summed E-state index contributed by atoms with van der Waals surface area (Å²) in [5.41, 5.74) is 4.06. The largest absolute Gasteiger partial charge is 0.461 e. The summed E-state index contributed by atoms with van der Waals surface area (Å²) in [6.07, 6.45) is 6.16. The first-order valence-electron chi connectivity index (χ1n) is 9.19. The number of unbranched alkanes of at least 4 members (excludes halogenated alkanes) is 1. The molecule has 3 rings (SSSR count). The lowest BCUT2D eigenvalue weighted by atomic mass is 9.92. The number of aliphatic hydroxyl groups excluding tert-OH is 1. The van der Waals surface area contributed by atoms with Gasteiger partial charge >= 0.3 is 5.97 Å². The Balaban J connectivity index is 1.41. The molecular formula is C22H26O3. The molecule has 0 aliphatic carbocycles. The highest BCUT2D eigenvalue weighted by molar-refractivity contribution is 5.78. The van der Waals surface area contributed by atoms with E-state index >= 15 is 0 Å². The second-order valence-corrected chi connectivity index (χ2v) is 6.82. The predicted molar refractivity (Wildman–Crippen MR) is 98.3 cm³/mol. The quantitative estimate of drug-likeness (QED) is 0.560. The summed E-state index contributed by atoms with van der Waals surface area (Å²) < 4.78 is 5.12. The van der Waals surface area contributed by atoms with Crippen molar-refractivity contribution >= 4 is 5.97 Å². The third-order valence-electron chi connectivity index (χ3n) is 4.95. The Bertz CT molecular complexity index is 681. The maximum absolute atomic E-state index is 11.2. The van der Waals surface area contributed by atoms with E-state index in [1.807, 2.05) is 0 Å². The minimum atomic E-state index is -0.318. The maximum atomic E-state index is 11.2. The number of carbonyl (C=O) groups excluding carboxylic acids is 1. The molecular weight excluding hydrogens is 312 g/mol. The van der Waals surface area contributed by atoms with Gasteiger partial charge in [0.25, 0.3) is 0 Å². The number of aryl methyl sites for hydroxylation is 3. The second-order valence-electron chi connectivity index (χ2n) is 6.82. The van der Waals surface area contributed by atoms with E-state index in [-0.39, 0.29) is 24.6 Å². The Morgan fingerprint density at radius 3 is 2.16 bits per heavy atom. The van der Waals surface area contributed by atoms with Gasteiger partial charge in [-0.15, -0.1) is 0 Å². The molecule has 0 unspecified atom stereocenters. The summed E-state index contributed by atoms with van der Waals surface area (Å²) in [6, 6.07) is 19.3. The van der Waals surface area contributed by atoms with E-state index in [0.717, 1.165) is 25.7 Å². The highest BCUT2D eigenvalue weighted by atomic mass is 16.6. The minimum absolute atomic E-state index is 0.106. The summed E-state index contributed by atoms with van der Waals surface area (Å²) in [6.45, 7) is -0.106. The summed E-state index contributed by atoms with van der Waals surface area (Å²) in [4.78, 5) is 11.2. The zero-order valence-electron chi connectivity index (χ0n) is 14.6. The van der Waals surface area contributed by atoms with E-state index in [1.165, 1.54) is 29.5 Å². The molecule has 0 radical (unpaired) electrons. The topological polar surface area (TPSA) is 46.5 Å². The van der Waals surface area contributed by atoms with Crippen molar-refractivity contribution in [1.82, 2.24) is 0 Å². The number of carbonyl (C=O) groups is 1. The molecule has 2 aromatic carbocycles. The Labute approximate surface area is 149 Å². The van der Waals surface area contributed by atoms with Crippen LogP contribution in [0.5, 0.6) is 0 Å². The molecule has 0 spiro atoms. The van der Waals surface area contributed by atoms with Crippen molar-refractivity contribution in [3.8, 4) is 0 Å². The molecule has 0 bridgehead atoms. The van der Waals surface area contributed by atoms with Crippen LogP contribution < -0.4 is 0 Å². The summed E-state index contributed by atoms with van der Waals surface area (Å²) in [7, 11) is 0. The average molecular weight is 338 g/mol. The van der Waals surface area contributed by atoms with Crippen molar-refractivity contribution in [3.63, 3.8) is 0 Å². The predicted octanol–water partition coefficient (Wildman–Crippen LogP) is 3.72. The number of hydrogen-bond acceptors (Lipinski definition) is 3. The first-order chi connectivity index (χ1) is 12.3. The molecule has 25 heavy (non-hydrogen) atoms. The standard InChI is InChI=1S/C22H26O3/c23-16-20-21(25-22(20)24)14-13-19-12-6-11-18(15-19)10-5-4-9-17-7-2-1-3-8-17/h1-3,6-8,11-12,15,20-21,23H,4-5,9-10,13-14,16H2/t20-,21-/m1/s1. The molecule has 1 heterocycles. The molecule has 1 N–H and O–H groups in total. The van der Waals surface area contributed by atoms with Crippen molar-refractivity contribution in [2.45, 2.75) is 44.6 Å². The Morgan fingerprint density at radius 1 is 0.840 bits per heavy atom. The van der Waals surface area contributed by atoms with Crippen LogP contribution in [-0.2, 0) is 28.8 Å². The van der Waals surface area contributed by atoms with E-state index in [2.05, 4.69) is 54.6 Å². The van der Waals surface area contributed by atoms with Gasteiger partial charge < -0.3 is 9.84 Å². The average Bonchev–Trinajstić information content (AvgIpc) is 2.63. The number of esters is 1. The summed E-state index contributed by atoms with van der Waals surface area (Å²) >= 11 is 0. The van der Waals surface area contributed by atoms with Crippen LogP contribution in [0.3, 0.4) is 0 Å². The summed E-state index contributed by atoms with van der Waals surface area (Å²) in [5.74, 6) is -0.583. The van der Waals surface area contributed by atoms with E-state index in [1.54, 1.807) is 0 Å². The Hall–Kier alpha value is -2.13. The monoisotopic (exact) mass is 338 g/mol. The number of hydrogen-bond donors (Lipinski definition) is 1. The van der Waals surface area contributed by atoms with Crippen LogP contribution in [0.15, 0.2) is 54.6 Å². The SMILES string of the molecule is O=C1O[C@H](CCc2cccc(CCCCc3ccccc3)c2)[C@H]1CO. The van der Waals surface area contributed by atoms with Gasteiger partial charge in [0.05, 0.1) is 6.61 Å².